The lowest BCUT2D eigenvalue weighted by atomic mass is 10.2. The predicted molar refractivity (Wildman–Crippen MR) is 82.5 cm³/mol. The Morgan fingerprint density at radius 3 is 2.48 bits per heavy atom. The van der Waals surface area contributed by atoms with Crippen molar-refractivity contribution in [3.8, 4) is 11.8 Å². The zero-order valence-electron chi connectivity index (χ0n) is 12.5. The number of nitrogens with one attached hydrogen (secondary N) is 1. The Bertz CT molecular complexity index is 993. The molecule has 124 valence electrons. The fraction of sp³-hybridized carbons (Fsp3) is 0. The Labute approximate surface area is 139 Å². The standard InChI is InChI=1S/C17H9F3N4O/c18-13-7-6-12(14(19)15(13)20)17(25)23-16-10(8-21)9-22-24(16)11-4-2-1-3-5-11/h1-7,9H,(H,23,25). The van der Waals surface area contributed by atoms with Gasteiger partial charge in [-0.3, -0.25) is 4.79 Å². The van der Waals surface area contributed by atoms with Gasteiger partial charge in [0.05, 0.1) is 17.4 Å². The van der Waals surface area contributed by atoms with Gasteiger partial charge in [0.2, 0.25) is 0 Å². The van der Waals surface area contributed by atoms with Gasteiger partial charge in [-0.1, -0.05) is 18.2 Å². The van der Waals surface area contributed by atoms with E-state index in [1.807, 2.05) is 6.07 Å². The van der Waals surface area contributed by atoms with E-state index in [9.17, 15) is 18.0 Å². The number of benzene rings is 2. The van der Waals surface area contributed by atoms with Crippen LogP contribution >= 0.6 is 0 Å². The molecule has 0 bridgehead atoms. The number of aromatic nitrogens is 2. The van der Waals surface area contributed by atoms with Crippen LogP contribution in [0.25, 0.3) is 5.69 Å². The predicted octanol–water partition coefficient (Wildman–Crippen LogP) is 3.41. The molecule has 0 aliphatic heterocycles. The van der Waals surface area contributed by atoms with E-state index >= 15 is 0 Å². The van der Waals surface area contributed by atoms with Gasteiger partial charge in [0.25, 0.3) is 5.91 Å². The van der Waals surface area contributed by atoms with E-state index in [-0.39, 0.29) is 11.4 Å². The van der Waals surface area contributed by atoms with Crippen molar-refractivity contribution in [2.75, 3.05) is 5.32 Å². The van der Waals surface area contributed by atoms with Crippen LogP contribution in [0.4, 0.5) is 19.0 Å². The molecule has 0 radical (unpaired) electrons. The first-order chi connectivity index (χ1) is 12.0. The Morgan fingerprint density at radius 1 is 1.08 bits per heavy atom. The van der Waals surface area contributed by atoms with Crippen molar-refractivity contribution < 1.29 is 18.0 Å². The first-order valence-electron chi connectivity index (χ1n) is 7.01. The second-order valence-electron chi connectivity index (χ2n) is 4.94. The average Bonchev–Trinajstić information content (AvgIpc) is 3.03. The van der Waals surface area contributed by atoms with Crippen LogP contribution in [0.3, 0.4) is 0 Å². The van der Waals surface area contributed by atoms with Gasteiger partial charge in [-0.25, -0.2) is 17.9 Å². The lowest BCUT2D eigenvalue weighted by molar-refractivity contribution is 0.102. The number of rotatable bonds is 3. The van der Waals surface area contributed by atoms with Crippen molar-refractivity contribution in [2.24, 2.45) is 0 Å². The number of carbonyl (C=O) groups excluding carboxylic acids is 1. The van der Waals surface area contributed by atoms with Crippen LogP contribution in [-0.4, -0.2) is 15.7 Å². The first kappa shape index (κ1) is 16.3. The van der Waals surface area contributed by atoms with Gasteiger partial charge in [0.1, 0.15) is 11.6 Å². The van der Waals surface area contributed by atoms with Crippen LogP contribution in [0, 0.1) is 28.8 Å². The summed E-state index contributed by atoms with van der Waals surface area (Å²) in [6, 6.07) is 11.9. The number of anilines is 1. The molecular weight excluding hydrogens is 333 g/mol. The number of carbonyl (C=O) groups is 1. The first-order valence-corrected chi connectivity index (χ1v) is 7.01. The molecular formula is C17H9F3N4O. The van der Waals surface area contributed by atoms with Crippen molar-refractivity contribution in [3.05, 3.63) is 77.2 Å². The van der Waals surface area contributed by atoms with Crippen molar-refractivity contribution in [3.63, 3.8) is 0 Å². The van der Waals surface area contributed by atoms with Crippen LogP contribution in [0.2, 0.25) is 0 Å². The Hall–Kier alpha value is -3.60. The highest BCUT2D eigenvalue weighted by molar-refractivity contribution is 6.04. The molecule has 1 amide bonds. The summed E-state index contributed by atoms with van der Waals surface area (Å²) in [5, 5.41) is 15.5. The molecule has 1 aromatic heterocycles. The molecule has 0 aliphatic rings. The number of nitriles is 1. The monoisotopic (exact) mass is 342 g/mol. The maximum atomic E-state index is 13.8. The Kier molecular flexibility index (Phi) is 4.22. The minimum absolute atomic E-state index is 0.0113. The van der Waals surface area contributed by atoms with Crippen LogP contribution in [0.5, 0.6) is 0 Å². The number of para-hydroxylation sites is 1. The minimum Gasteiger partial charge on any atom is -0.305 e. The van der Waals surface area contributed by atoms with Crippen LogP contribution in [0.15, 0.2) is 48.7 Å². The highest BCUT2D eigenvalue weighted by Crippen LogP contribution is 2.22. The number of nitrogens with zero attached hydrogens (tertiary/aromatic N) is 3. The largest absolute Gasteiger partial charge is 0.305 e. The highest BCUT2D eigenvalue weighted by Gasteiger charge is 2.21. The third-order valence-electron chi connectivity index (χ3n) is 3.40. The second-order valence-corrected chi connectivity index (χ2v) is 4.94. The van der Waals surface area contributed by atoms with E-state index in [0.717, 1.165) is 6.07 Å². The summed E-state index contributed by atoms with van der Waals surface area (Å²) in [5.41, 5.74) is -0.117. The maximum Gasteiger partial charge on any atom is 0.259 e. The molecule has 0 saturated carbocycles. The van der Waals surface area contributed by atoms with E-state index in [1.165, 1.54) is 10.9 Å². The van der Waals surface area contributed by atoms with Crippen molar-refractivity contribution in [2.45, 2.75) is 0 Å². The maximum absolute atomic E-state index is 13.8. The number of hydrogen-bond acceptors (Lipinski definition) is 3. The van der Waals surface area contributed by atoms with E-state index < -0.39 is 28.9 Å². The highest BCUT2D eigenvalue weighted by atomic mass is 19.2. The topological polar surface area (TPSA) is 70.7 Å². The molecule has 8 heteroatoms. The van der Waals surface area contributed by atoms with E-state index in [0.29, 0.717) is 11.8 Å². The normalized spacial score (nSPS) is 10.3. The zero-order chi connectivity index (χ0) is 18.0. The van der Waals surface area contributed by atoms with Gasteiger partial charge in [-0.05, 0) is 24.3 Å². The fourth-order valence-corrected chi connectivity index (χ4v) is 2.19. The molecule has 2 aromatic carbocycles. The smallest absolute Gasteiger partial charge is 0.259 e. The Balaban J connectivity index is 2.01. The zero-order valence-corrected chi connectivity index (χ0v) is 12.5. The molecule has 0 atom stereocenters. The van der Waals surface area contributed by atoms with Gasteiger partial charge in [0.15, 0.2) is 23.3 Å². The summed E-state index contributed by atoms with van der Waals surface area (Å²) in [7, 11) is 0. The summed E-state index contributed by atoms with van der Waals surface area (Å²) < 4.78 is 41.4. The van der Waals surface area contributed by atoms with Crippen LogP contribution < -0.4 is 5.32 Å². The minimum atomic E-state index is -1.75. The molecule has 3 aromatic rings. The molecule has 25 heavy (non-hydrogen) atoms. The summed E-state index contributed by atoms with van der Waals surface area (Å²) in [6.07, 6.45) is 1.23. The number of hydrogen-bond donors (Lipinski definition) is 1. The average molecular weight is 342 g/mol. The van der Waals surface area contributed by atoms with Gasteiger partial charge < -0.3 is 5.32 Å². The van der Waals surface area contributed by atoms with E-state index in [4.69, 9.17) is 5.26 Å². The summed E-state index contributed by atoms with van der Waals surface area (Å²) >= 11 is 0. The molecule has 0 saturated heterocycles. The molecule has 1 N–H and O–H groups in total. The van der Waals surface area contributed by atoms with Crippen LogP contribution in [-0.2, 0) is 0 Å². The van der Waals surface area contributed by atoms with Crippen molar-refractivity contribution >= 4 is 11.7 Å². The fourth-order valence-electron chi connectivity index (χ4n) is 2.19. The summed E-state index contributed by atoms with van der Waals surface area (Å²) in [5.74, 6) is -5.80. The van der Waals surface area contributed by atoms with Gasteiger partial charge in [-0.15, -0.1) is 0 Å². The second kappa shape index (κ2) is 6.49. The van der Waals surface area contributed by atoms with Gasteiger partial charge in [0, 0.05) is 0 Å². The number of halogens is 3. The van der Waals surface area contributed by atoms with E-state index in [2.05, 4.69) is 10.4 Å². The lowest BCUT2D eigenvalue weighted by Gasteiger charge is -2.10. The van der Waals surface area contributed by atoms with Crippen LogP contribution in [0.1, 0.15) is 15.9 Å². The summed E-state index contributed by atoms with van der Waals surface area (Å²) in [6.45, 7) is 0. The molecule has 5 nitrogen and oxygen atoms in total. The molecule has 0 aliphatic carbocycles. The third kappa shape index (κ3) is 2.95. The molecule has 0 fully saturated rings. The van der Waals surface area contributed by atoms with Gasteiger partial charge in [-0.2, -0.15) is 10.4 Å². The molecule has 3 rings (SSSR count). The van der Waals surface area contributed by atoms with E-state index in [1.54, 1.807) is 30.3 Å². The SMILES string of the molecule is N#Cc1cnn(-c2ccccc2)c1NC(=O)c1ccc(F)c(F)c1F. The Morgan fingerprint density at radius 2 is 1.80 bits per heavy atom. The summed E-state index contributed by atoms with van der Waals surface area (Å²) in [4.78, 5) is 12.3. The third-order valence-corrected chi connectivity index (χ3v) is 3.40. The molecule has 1 heterocycles. The quantitative estimate of drug-likeness (QED) is 0.742. The van der Waals surface area contributed by atoms with Crippen molar-refractivity contribution in [1.29, 1.82) is 5.26 Å². The van der Waals surface area contributed by atoms with Crippen molar-refractivity contribution in [1.82, 2.24) is 9.78 Å². The molecule has 0 unspecified atom stereocenters. The van der Waals surface area contributed by atoms with Gasteiger partial charge >= 0.3 is 0 Å². The molecule has 0 spiro atoms. The number of amides is 1. The lowest BCUT2D eigenvalue weighted by Crippen LogP contribution is -2.18.